The number of likely N-dealkylation sites (tertiary alicyclic amines) is 1. The lowest BCUT2D eigenvalue weighted by atomic mass is 9.41. The summed E-state index contributed by atoms with van der Waals surface area (Å²) in [6, 6.07) is -0.393. The lowest BCUT2D eigenvalue weighted by Gasteiger charge is -2.60. The lowest BCUT2D eigenvalue weighted by Crippen LogP contribution is -2.65. The molecule has 4 bridgehead atoms. The molecule has 0 spiro atoms. The Kier molecular flexibility index (Phi) is 8.75. The van der Waals surface area contributed by atoms with Crippen LogP contribution in [0.2, 0.25) is 0 Å². The highest BCUT2D eigenvalue weighted by atomic mass is 16.5. The minimum Gasteiger partial charge on any atom is -0.481 e. The second kappa shape index (κ2) is 12.3. The predicted octanol–water partition coefficient (Wildman–Crippen LogP) is 5.79. The third kappa shape index (κ3) is 4.51. The molecule has 7 rings (SSSR count). The highest BCUT2D eigenvalue weighted by molar-refractivity contribution is 5.90. The highest BCUT2D eigenvalue weighted by Gasteiger charge is 2.86. The molecule has 46 heavy (non-hydrogen) atoms. The van der Waals surface area contributed by atoms with Gasteiger partial charge in [0.25, 0.3) is 0 Å². The molecule has 0 amide bonds. The van der Waals surface area contributed by atoms with Gasteiger partial charge < -0.3 is 25.1 Å². The van der Waals surface area contributed by atoms with Gasteiger partial charge in [-0.1, -0.05) is 77.4 Å². The monoisotopic (exact) mass is 638 g/mol. The first-order valence-electron chi connectivity index (χ1n) is 18.9. The van der Waals surface area contributed by atoms with Gasteiger partial charge in [-0.3, -0.25) is 14.5 Å². The van der Waals surface area contributed by atoms with Crippen LogP contribution in [0.25, 0.3) is 0 Å². The van der Waals surface area contributed by atoms with Crippen molar-refractivity contribution in [2.24, 2.45) is 57.7 Å². The first kappa shape index (κ1) is 32.8. The number of carboxylic acid groups (broad SMARTS) is 2. The molecule has 4 unspecified atom stereocenters. The second-order valence-corrected chi connectivity index (χ2v) is 16.9. The van der Waals surface area contributed by atoms with Crippen LogP contribution in [0, 0.1) is 57.7 Å². The van der Waals surface area contributed by atoms with E-state index in [1.165, 1.54) is 32.1 Å². The number of nitrogens with zero attached hydrogens (tertiary/aromatic N) is 1. The summed E-state index contributed by atoms with van der Waals surface area (Å²) in [4.78, 5) is 41.6. The number of carboxylic acids is 2. The van der Waals surface area contributed by atoms with Gasteiger partial charge >= 0.3 is 11.9 Å². The molecule has 2 heterocycles. The first-order valence-corrected chi connectivity index (χ1v) is 18.9. The zero-order valence-corrected chi connectivity index (χ0v) is 28.4. The van der Waals surface area contributed by atoms with Crippen LogP contribution >= 0.6 is 0 Å². The van der Waals surface area contributed by atoms with E-state index in [0.29, 0.717) is 49.7 Å². The molecule has 8 heteroatoms. The lowest BCUT2D eigenvalue weighted by molar-refractivity contribution is -0.197. The number of allylic oxidation sites excluding steroid dienone is 1. The Balaban J connectivity index is 1.19. The summed E-state index contributed by atoms with van der Waals surface area (Å²) < 4.78 is 7.31. The molecule has 8 nitrogen and oxygen atoms in total. The van der Waals surface area contributed by atoms with Gasteiger partial charge in [-0.15, -0.1) is 0 Å². The van der Waals surface area contributed by atoms with Crippen molar-refractivity contribution >= 4 is 18.2 Å². The fourth-order valence-corrected chi connectivity index (χ4v) is 13.2. The van der Waals surface area contributed by atoms with Gasteiger partial charge in [-0.2, -0.15) is 0 Å². The van der Waals surface area contributed by atoms with Crippen LogP contribution in [0.15, 0.2) is 11.6 Å². The number of hydrogen-bond acceptors (Lipinski definition) is 6. The van der Waals surface area contributed by atoms with E-state index in [0.717, 1.165) is 63.3 Å². The van der Waals surface area contributed by atoms with Crippen molar-refractivity contribution in [3.05, 3.63) is 11.6 Å². The molecule has 0 aromatic carbocycles. The van der Waals surface area contributed by atoms with Crippen molar-refractivity contribution in [1.82, 2.24) is 10.2 Å². The predicted molar refractivity (Wildman–Crippen MR) is 175 cm³/mol. The first-order chi connectivity index (χ1) is 22.1. The quantitative estimate of drug-likeness (QED) is 0.148. The van der Waals surface area contributed by atoms with Gasteiger partial charge in [0.2, 0.25) is 0 Å². The number of piperidine rings is 1. The molecule has 7 aliphatic rings. The summed E-state index contributed by atoms with van der Waals surface area (Å²) in [6.07, 6.45) is 16.6. The Hall–Kier alpha value is -1.77. The number of aliphatic carboxylic acids is 2. The largest absolute Gasteiger partial charge is 0.481 e. The van der Waals surface area contributed by atoms with E-state index in [-0.39, 0.29) is 30.0 Å². The maximum atomic E-state index is 14.1. The molecule has 256 valence electrons. The smallest absolute Gasteiger partial charge is 0.320 e. The molecule has 2 aliphatic heterocycles. The van der Waals surface area contributed by atoms with Crippen molar-refractivity contribution in [1.29, 1.82) is 0 Å². The summed E-state index contributed by atoms with van der Waals surface area (Å²) in [7, 11) is 0. The number of nitrogens with one attached hydrogen (secondary N) is 1. The van der Waals surface area contributed by atoms with E-state index >= 15 is 0 Å². The Bertz CT molecular complexity index is 1230. The summed E-state index contributed by atoms with van der Waals surface area (Å²) >= 11 is 0. The van der Waals surface area contributed by atoms with E-state index in [4.69, 9.17) is 4.74 Å². The Labute approximate surface area is 275 Å². The number of fused-ring (bicyclic) bond motifs is 2. The van der Waals surface area contributed by atoms with Crippen LogP contribution in [0.1, 0.15) is 104 Å². The van der Waals surface area contributed by atoms with Gasteiger partial charge in [-0.25, -0.2) is 0 Å². The number of rotatable bonds is 11. The van der Waals surface area contributed by atoms with Crippen LogP contribution < -0.4 is 5.32 Å². The number of carbonyl (C=O) groups is 3. The fraction of sp³-hybridized carbons (Fsp3) is 0.868. The average Bonchev–Trinajstić information content (AvgIpc) is 3.77. The molecule has 6 fully saturated rings. The number of ether oxygens (including phenoxy) is 1. The third-order valence-electron chi connectivity index (χ3n) is 15.0. The molecule has 0 aromatic heterocycles. The van der Waals surface area contributed by atoms with Crippen LogP contribution in [-0.2, 0) is 19.1 Å². The van der Waals surface area contributed by atoms with Crippen molar-refractivity contribution in [3.63, 3.8) is 0 Å². The molecule has 0 radical (unpaired) electrons. The van der Waals surface area contributed by atoms with E-state index in [9.17, 15) is 24.6 Å². The molecule has 4 saturated carbocycles. The zero-order valence-electron chi connectivity index (χ0n) is 28.4. The molecule has 5 aliphatic carbocycles. The molecule has 0 aromatic rings. The summed E-state index contributed by atoms with van der Waals surface area (Å²) in [5.74, 6) is 0.551. The van der Waals surface area contributed by atoms with Gasteiger partial charge in [0.15, 0.2) is 0 Å². The van der Waals surface area contributed by atoms with Crippen LogP contribution in [-0.4, -0.2) is 77.8 Å². The average molecular weight is 639 g/mol. The zero-order chi connectivity index (χ0) is 32.4. The van der Waals surface area contributed by atoms with Gasteiger partial charge in [-0.05, 0) is 86.5 Å². The van der Waals surface area contributed by atoms with E-state index in [1.54, 1.807) is 0 Å². The Morgan fingerprint density at radius 3 is 2.50 bits per heavy atom. The molecular weight excluding hydrogens is 580 g/mol. The van der Waals surface area contributed by atoms with Gasteiger partial charge in [0, 0.05) is 25.0 Å². The van der Waals surface area contributed by atoms with Crippen LogP contribution in [0.4, 0.5) is 0 Å². The van der Waals surface area contributed by atoms with Crippen molar-refractivity contribution in [3.8, 4) is 0 Å². The van der Waals surface area contributed by atoms with Crippen molar-refractivity contribution < 1.29 is 29.3 Å². The van der Waals surface area contributed by atoms with Crippen molar-refractivity contribution in [2.75, 3.05) is 26.2 Å². The SMILES string of the molecule is CC(C)C1=CC2CC3(C=O)[C@@H]4CC[C@@H](C)[C@H]4CC2([C@H]2C[C@@H](C4CCCCC4)[C@H](CNCCN4CCCCC4C(=O)O)O2)[C@]13C(=O)O. The van der Waals surface area contributed by atoms with Crippen molar-refractivity contribution in [2.45, 2.75) is 122 Å². The van der Waals surface area contributed by atoms with E-state index < -0.39 is 34.2 Å². The number of hydrogen-bond donors (Lipinski definition) is 3. The van der Waals surface area contributed by atoms with Crippen LogP contribution in [0.3, 0.4) is 0 Å². The second-order valence-electron chi connectivity index (χ2n) is 16.9. The van der Waals surface area contributed by atoms with E-state index in [2.05, 4.69) is 37.1 Å². The minimum atomic E-state index is -1.20. The standard InChI is InChI=1S/C38H58N2O6/c1-23(2)30-17-26-19-36(22-41)29-13-12-24(3)28(29)20-37(26,38(30,36)35(44)45)33-18-27(25-9-5-4-6-10-25)32(46-33)21-39-14-16-40-15-8-7-11-31(40)34(42)43/h17,22-29,31-33,39H,4-16,18-21H2,1-3H3,(H,42,43)(H,44,45)/t24-,26?,27+,28-,29-,31?,32+,33-,36?,37?,38+/m1/s1. The summed E-state index contributed by atoms with van der Waals surface area (Å²) in [5, 5.41) is 25.0. The Morgan fingerprint density at radius 2 is 1.80 bits per heavy atom. The fourth-order valence-electron chi connectivity index (χ4n) is 13.2. The molecule has 11 atom stereocenters. The normalized spacial score (nSPS) is 45.6. The minimum absolute atomic E-state index is 0.00296. The van der Waals surface area contributed by atoms with Crippen LogP contribution in [0.5, 0.6) is 0 Å². The number of aldehydes is 1. The summed E-state index contributed by atoms with van der Waals surface area (Å²) in [5.41, 5.74) is -1.66. The molecule has 2 saturated heterocycles. The summed E-state index contributed by atoms with van der Waals surface area (Å²) in [6.45, 7) is 9.54. The maximum absolute atomic E-state index is 14.1. The topological polar surface area (TPSA) is 116 Å². The highest BCUT2D eigenvalue weighted by Crippen LogP contribution is 2.84. The molecule has 3 N–H and O–H groups in total. The van der Waals surface area contributed by atoms with Gasteiger partial charge in [0.1, 0.15) is 17.7 Å². The van der Waals surface area contributed by atoms with E-state index in [1.807, 2.05) is 0 Å². The Morgan fingerprint density at radius 1 is 1.04 bits per heavy atom. The van der Waals surface area contributed by atoms with Gasteiger partial charge in [0.05, 0.1) is 17.6 Å². The number of carbonyl (C=O) groups excluding carboxylic acids is 1. The molecular formula is C38H58N2O6. The maximum Gasteiger partial charge on any atom is 0.320 e. The third-order valence-corrected chi connectivity index (χ3v) is 15.0.